The van der Waals surface area contributed by atoms with Crippen LogP contribution in [0.2, 0.25) is 5.02 Å². The first-order valence-corrected chi connectivity index (χ1v) is 13.6. The highest BCUT2D eigenvalue weighted by Gasteiger charge is 2.30. The molecule has 4 aromatic rings. The van der Waals surface area contributed by atoms with Gasteiger partial charge >= 0.3 is 5.97 Å². The summed E-state index contributed by atoms with van der Waals surface area (Å²) in [4.78, 5) is 42.9. The molecule has 5 rings (SSSR count). The zero-order valence-corrected chi connectivity index (χ0v) is 22.5. The summed E-state index contributed by atoms with van der Waals surface area (Å²) in [6, 6.07) is 18.0. The number of hydrogen-bond donors (Lipinski definition) is 1. The molecule has 1 fully saturated rings. The van der Waals surface area contributed by atoms with Crippen LogP contribution in [0, 0.1) is 5.92 Å². The molecule has 1 atom stereocenters. The van der Waals surface area contributed by atoms with Crippen molar-refractivity contribution >= 4 is 46.1 Å². The van der Waals surface area contributed by atoms with Gasteiger partial charge in [0, 0.05) is 29.7 Å². The first-order chi connectivity index (χ1) is 18.9. The van der Waals surface area contributed by atoms with Crippen LogP contribution in [0.15, 0.2) is 73.1 Å². The normalized spacial score (nSPS) is 14.3. The van der Waals surface area contributed by atoms with Crippen molar-refractivity contribution in [3.05, 3.63) is 94.8 Å². The van der Waals surface area contributed by atoms with Gasteiger partial charge in [-0.05, 0) is 53.8 Å². The van der Waals surface area contributed by atoms with Gasteiger partial charge in [-0.25, -0.2) is 9.78 Å². The second-order valence-electron chi connectivity index (χ2n) is 10.1. The van der Waals surface area contributed by atoms with Crippen molar-refractivity contribution in [2.45, 2.75) is 51.6 Å². The van der Waals surface area contributed by atoms with E-state index in [-0.39, 0.29) is 18.4 Å². The average molecular weight is 544 g/mol. The van der Waals surface area contributed by atoms with Crippen molar-refractivity contribution < 1.29 is 19.1 Å². The number of nitrogens with one attached hydrogen (secondary N) is 1. The molecule has 2 heterocycles. The van der Waals surface area contributed by atoms with Gasteiger partial charge in [0.25, 0.3) is 0 Å². The molecule has 0 saturated heterocycles. The minimum atomic E-state index is -0.494. The lowest BCUT2D eigenvalue weighted by Crippen LogP contribution is -2.23. The van der Waals surface area contributed by atoms with Gasteiger partial charge in [-0.2, -0.15) is 0 Å². The van der Waals surface area contributed by atoms with Crippen LogP contribution < -0.4 is 5.32 Å². The number of fused-ring (bicyclic) bond motifs is 1. The Morgan fingerprint density at radius 3 is 2.54 bits per heavy atom. The Bertz CT molecular complexity index is 1490. The molecule has 2 aromatic carbocycles. The van der Waals surface area contributed by atoms with Crippen molar-refractivity contribution in [3.63, 3.8) is 0 Å². The standard InChI is InChI=1S/C31H30ClN3O4/c1-20(36)35-18-27(25-16-24(32)12-13-28(25)35)26(15-21-7-5-6-8-21)30(37)34-29-14-11-23(17-33-29)31(38)39-19-22-9-3-2-4-10-22/h2-4,9-14,16-18,21,26H,5-8,15,19H2,1H3,(H,33,34,37). The van der Waals surface area contributed by atoms with Gasteiger partial charge in [0.15, 0.2) is 0 Å². The summed E-state index contributed by atoms with van der Waals surface area (Å²) in [5.74, 6) is -0.569. The number of halogens is 1. The molecular weight excluding hydrogens is 514 g/mol. The SMILES string of the molecule is CC(=O)n1cc(C(CC2CCCC2)C(=O)Nc2ccc(C(=O)OCc3ccccc3)cn2)c2cc(Cl)ccc21. The highest BCUT2D eigenvalue weighted by Crippen LogP contribution is 2.38. The van der Waals surface area contributed by atoms with E-state index in [1.165, 1.54) is 13.1 Å². The lowest BCUT2D eigenvalue weighted by atomic mass is 9.87. The summed E-state index contributed by atoms with van der Waals surface area (Å²) in [6.07, 6.45) is 8.30. The van der Waals surface area contributed by atoms with Crippen molar-refractivity contribution in [1.29, 1.82) is 0 Å². The predicted molar refractivity (Wildman–Crippen MR) is 151 cm³/mol. The number of ether oxygens (including phenoxy) is 1. The molecule has 8 heteroatoms. The number of carbonyl (C=O) groups is 3. The van der Waals surface area contributed by atoms with E-state index in [1.54, 1.807) is 29.0 Å². The number of hydrogen-bond acceptors (Lipinski definition) is 5. The van der Waals surface area contributed by atoms with Crippen LogP contribution in [0.5, 0.6) is 0 Å². The zero-order chi connectivity index (χ0) is 27.4. The molecule has 7 nitrogen and oxygen atoms in total. The fourth-order valence-corrected chi connectivity index (χ4v) is 5.50. The molecule has 1 aliphatic rings. The minimum Gasteiger partial charge on any atom is -0.457 e. The van der Waals surface area contributed by atoms with Gasteiger partial charge < -0.3 is 10.1 Å². The minimum absolute atomic E-state index is 0.134. The maximum atomic E-state index is 13.7. The molecule has 0 aliphatic heterocycles. The van der Waals surface area contributed by atoms with Crippen LogP contribution in [0.1, 0.15) is 71.2 Å². The Balaban J connectivity index is 1.36. The Morgan fingerprint density at radius 1 is 1.08 bits per heavy atom. The first kappa shape index (κ1) is 26.6. The maximum absolute atomic E-state index is 13.7. The van der Waals surface area contributed by atoms with Gasteiger partial charge in [0.2, 0.25) is 11.8 Å². The number of amides is 1. The van der Waals surface area contributed by atoms with E-state index in [9.17, 15) is 14.4 Å². The molecular formula is C31H30ClN3O4. The number of pyridine rings is 1. The topological polar surface area (TPSA) is 90.3 Å². The lowest BCUT2D eigenvalue weighted by Gasteiger charge is -2.20. The molecule has 1 N–H and O–H groups in total. The molecule has 1 amide bonds. The Morgan fingerprint density at radius 2 is 1.85 bits per heavy atom. The average Bonchev–Trinajstić information content (AvgIpc) is 3.59. The molecule has 1 aliphatic carbocycles. The number of aromatic nitrogens is 2. The van der Waals surface area contributed by atoms with E-state index in [0.29, 0.717) is 28.7 Å². The van der Waals surface area contributed by atoms with Crippen molar-refractivity contribution in [3.8, 4) is 0 Å². The van der Waals surface area contributed by atoms with E-state index in [0.717, 1.165) is 47.7 Å². The highest BCUT2D eigenvalue weighted by atomic mass is 35.5. The number of anilines is 1. The van der Waals surface area contributed by atoms with Crippen LogP contribution in [0.3, 0.4) is 0 Å². The van der Waals surface area contributed by atoms with Crippen molar-refractivity contribution in [2.24, 2.45) is 5.92 Å². The summed E-state index contributed by atoms with van der Waals surface area (Å²) in [7, 11) is 0. The van der Waals surface area contributed by atoms with Crippen molar-refractivity contribution in [1.82, 2.24) is 9.55 Å². The number of esters is 1. The van der Waals surface area contributed by atoms with E-state index >= 15 is 0 Å². The van der Waals surface area contributed by atoms with E-state index in [4.69, 9.17) is 16.3 Å². The van der Waals surface area contributed by atoms with Gasteiger partial charge in [-0.1, -0.05) is 67.6 Å². The van der Waals surface area contributed by atoms with Crippen LogP contribution >= 0.6 is 11.6 Å². The molecule has 0 spiro atoms. The fourth-order valence-electron chi connectivity index (χ4n) is 5.33. The van der Waals surface area contributed by atoms with Gasteiger partial charge in [0.05, 0.1) is 17.0 Å². The quantitative estimate of drug-likeness (QED) is 0.241. The number of nitrogens with zero attached hydrogens (tertiary/aromatic N) is 2. The third-order valence-corrected chi connectivity index (χ3v) is 7.57. The predicted octanol–water partition coefficient (Wildman–Crippen LogP) is 7.01. The summed E-state index contributed by atoms with van der Waals surface area (Å²) in [5, 5.41) is 4.26. The Labute approximate surface area is 232 Å². The molecule has 39 heavy (non-hydrogen) atoms. The fraction of sp³-hybridized carbons (Fsp3) is 0.290. The van der Waals surface area contributed by atoms with Crippen LogP contribution in [0.4, 0.5) is 5.82 Å². The van der Waals surface area contributed by atoms with Crippen LogP contribution in [-0.2, 0) is 16.1 Å². The highest BCUT2D eigenvalue weighted by molar-refractivity contribution is 6.31. The van der Waals surface area contributed by atoms with Crippen molar-refractivity contribution in [2.75, 3.05) is 5.32 Å². The van der Waals surface area contributed by atoms with Gasteiger partial charge in [-0.3, -0.25) is 14.2 Å². The molecule has 2 aromatic heterocycles. The second-order valence-corrected chi connectivity index (χ2v) is 10.5. The van der Waals surface area contributed by atoms with Gasteiger partial charge in [0.1, 0.15) is 12.4 Å². The zero-order valence-electron chi connectivity index (χ0n) is 21.7. The molecule has 200 valence electrons. The Kier molecular flexibility index (Phi) is 8.07. The van der Waals surface area contributed by atoms with Gasteiger partial charge in [-0.15, -0.1) is 0 Å². The van der Waals surface area contributed by atoms with Crippen LogP contribution in [-0.4, -0.2) is 27.3 Å². The second kappa shape index (κ2) is 11.8. The molecule has 0 radical (unpaired) electrons. The monoisotopic (exact) mass is 543 g/mol. The first-order valence-electron chi connectivity index (χ1n) is 13.2. The summed E-state index contributed by atoms with van der Waals surface area (Å²) in [5.41, 5.74) is 2.69. The number of carbonyl (C=O) groups excluding carboxylic acids is 3. The summed E-state index contributed by atoms with van der Waals surface area (Å²) in [6.45, 7) is 1.67. The summed E-state index contributed by atoms with van der Waals surface area (Å²) >= 11 is 6.32. The summed E-state index contributed by atoms with van der Waals surface area (Å²) < 4.78 is 6.94. The number of rotatable bonds is 8. The molecule has 0 bridgehead atoms. The maximum Gasteiger partial charge on any atom is 0.340 e. The van der Waals surface area contributed by atoms with E-state index < -0.39 is 11.9 Å². The van der Waals surface area contributed by atoms with E-state index in [2.05, 4.69) is 10.3 Å². The molecule has 1 saturated carbocycles. The third kappa shape index (κ3) is 6.20. The lowest BCUT2D eigenvalue weighted by molar-refractivity contribution is -0.118. The largest absolute Gasteiger partial charge is 0.457 e. The smallest absolute Gasteiger partial charge is 0.340 e. The van der Waals surface area contributed by atoms with Crippen LogP contribution in [0.25, 0.3) is 10.9 Å². The third-order valence-electron chi connectivity index (χ3n) is 7.34. The Hall–Kier alpha value is -3.97. The number of benzene rings is 2. The molecule has 1 unspecified atom stereocenters. The van der Waals surface area contributed by atoms with E-state index in [1.807, 2.05) is 42.5 Å².